The van der Waals surface area contributed by atoms with Gasteiger partial charge >= 0.3 is 0 Å². The molecule has 0 aromatic heterocycles. The predicted molar refractivity (Wildman–Crippen MR) is 226 cm³/mol. The van der Waals surface area contributed by atoms with Gasteiger partial charge in [0.25, 0.3) is 0 Å². The molecule has 6 bridgehead atoms. The lowest BCUT2D eigenvalue weighted by molar-refractivity contribution is -0.136. The Balaban J connectivity index is 0.000000184. The maximum absolute atomic E-state index is 12.5. The number of hydrogen-bond donors (Lipinski definition) is 2. The molecule has 2 aromatic rings. The molecule has 2 saturated carbocycles. The van der Waals surface area contributed by atoms with Crippen LogP contribution in [-0.4, -0.2) is 107 Å². The molecule has 6 aliphatic rings. The fraction of sp³-hybridized carbons (Fsp3) is 0.667. The Morgan fingerprint density at radius 2 is 1.28 bits per heavy atom. The highest BCUT2D eigenvalue weighted by atomic mass is 35.5. The summed E-state index contributed by atoms with van der Waals surface area (Å²) in [6.45, 7) is 13.7. The molecule has 4 aliphatic heterocycles. The molecule has 6 atom stereocenters. The van der Waals surface area contributed by atoms with E-state index in [0.717, 1.165) is 61.8 Å². The first-order valence-corrected chi connectivity index (χ1v) is 24.0. The van der Waals surface area contributed by atoms with Crippen LogP contribution in [0.25, 0.3) is 0 Å². The number of anilines is 1. The topological polar surface area (TPSA) is 150 Å². The van der Waals surface area contributed by atoms with E-state index in [9.17, 15) is 30.8 Å². The highest BCUT2D eigenvalue weighted by Gasteiger charge is 2.45. The van der Waals surface area contributed by atoms with Crippen LogP contribution in [0.4, 0.5) is 10.1 Å². The summed E-state index contributed by atoms with van der Waals surface area (Å²) in [6.07, 6.45) is 9.86. The summed E-state index contributed by atoms with van der Waals surface area (Å²) in [5.41, 5.74) is 6.38. The third kappa shape index (κ3) is 11.9. The number of piperidine rings is 2. The number of halogens is 2. The zero-order valence-electron chi connectivity index (χ0n) is 34.3. The Hall–Kier alpha value is -2.78. The van der Waals surface area contributed by atoms with Crippen molar-refractivity contribution >= 4 is 49.6 Å². The normalized spacial score (nSPS) is 25.4. The fourth-order valence-corrected chi connectivity index (χ4v) is 11.5. The number of carbonyl (C=O) groups excluding carboxylic acids is 2. The lowest BCUT2D eigenvalue weighted by Crippen LogP contribution is -2.50. The molecule has 15 heteroatoms. The molecular formula is C42H65ClFN5O6S2. The number of carbonyl (C=O) groups is 2. The molecule has 4 saturated heterocycles. The summed E-state index contributed by atoms with van der Waals surface area (Å²) in [6, 6.07) is 14.0. The SMILES string of the molecule is C1C[C@@H]2C[C@H]1CN2.CC(C)C(=O)N1C[C@@H]2C[C@H]1CN2c1ccc(S(=O)(=O)CCN)cc1.CC(C)C(=O)N1C[C@H]2CC[C@@H]1C2.CCCS(=O)(=O)c1ccc(F)cc1.Cl. The second kappa shape index (κ2) is 20.5. The zero-order chi connectivity index (χ0) is 40.8. The van der Waals surface area contributed by atoms with Gasteiger partial charge in [-0.2, -0.15) is 0 Å². The Morgan fingerprint density at radius 1 is 0.719 bits per heavy atom. The van der Waals surface area contributed by atoms with Crippen LogP contribution in [-0.2, 0) is 29.3 Å². The number of nitrogens with zero attached hydrogens (tertiary/aromatic N) is 3. The third-order valence-corrected chi connectivity index (χ3v) is 15.7. The largest absolute Gasteiger partial charge is 0.365 e. The molecule has 2 aliphatic carbocycles. The molecule has 0 spiro atoms. The summed E-state index contributed by atoms with van der Waals surface area (Å²) in [4.78, 5) is 30.8. The first kappa shape index (κ1) is 46.9. The summed E-state index contributed by atoms with van der Waals surface area (Å²) in [7, 11) is -6.48. The minimum Gasteiger partial charge on any atom is -0.365 e. The lowest BCUT2D eigenvalue weighted by Gasteiger charge is -2.36. The molecule has 4 heterocycles. The number of hydrogen-bond acceptors (Lipinski definition) is 9. The van der Waals surface area contributed by atoms with Crippen LogP contribution in [0.5, 0.6) is 0 Å². The van der Waals surface area contributed by atoms with Crippen molar-refractivity contribution in [3.8, 4) is 0 Å². The first-order chi connectivity index (χ1) is 26.5. The van der Waals surface area contributed by atoms with E-state index in [4.69, 9.17) is 5.73 Å². The molecule has 2 aromatic carbocycles. The Bertz CT molecular complexity index is 1830. The maximum atomic E-state index is 12.5. The van der Waals surface area contributed by atoms with E-state index in [-0.39, 0.29) is 59.1 Å². The van der Waals surface area contributed by atoms with Crippen molar-refractivity contribution in [3.63, 3.8) is 0 Å². The van der Waals surface area contributed by atoms with E-state index in [1.54, 1.807) is 19.1 Å². The molecule has 6 fully saturated rings. The van der Waals surface area contributed by atoms with Crippen LogP contribution in [0.15, 0.2) is 58.3 Å². The van der Waals surface area contributed by atoms with Gasteiger partial charge in [0.1, 0.15) is 5.82 Å². The molecule has 320 valence electrons. The number of sulfone groups is 2. The summed E-state index contributed by atoms with van der Waals surface area (Å²) < 4.78 is 59.4. The average molecular weight is 855 g/mol. The van der Waals surface area contributed by atoms with Crippen molar-refractivity contribution in [2.24, 2.45) is 29.4 Å². The number of nitrogens with one attached hydrogen (secondary N) is 1. The van der Waals surface area contributed by atoms with Gasteiger partial charge in [-0.15, -0.1) is 12.4 Å². The van der Waals surface area contributed by atoms with Gasteiger partial charge in [0.15, 0.2) is 19.7 Å². The Morgan fingerprint density at radius 3 is 1.67 bits per heavy atom. The van der Waals surface area contributed by atoms with Crippen molar-refractivity contribution in [2.75, 3.05) is 49.1 Å². The Labute approximate surface area is 346 Å². The van der Waals surface area contributed by atoms with E-state index in [1.807, 2.05) is 44.7 Å². The van der Waals surface area contributed by atoms with Crippen LogP contribution in [0.3, 0.4) is 0 Å². The van der Waals surface area contributed by atoms with Gasteiger partial charge in [0, 0.05) is 61.8 Å². The quantitative estimate of drug-likeness (QED) is 0.303. The zero-order valence-corrected chi connectivity index (χ0v) is 36.8. The lowest BCUT2D eigenvalue weighted by atomic mass is 10.1. The van der Waals surface area contributed by atoms with Gasteiger partial charge in [-0.05, 0) is 118 Å². The summed E-state index contributed by atoms with van der Waals surface area (Å²) in [5.74, 6) is 2.35. The van der Waals surface area contributed by atoms with Gasteiger partial charge in [-0.25, -0.2) is 21.2 Å². The van der Waals surface area contributed by atoms with Crippen molar-refractivity contribution in [2.45, 2.75) is 120 Å². The second-order valence-electron chi connectivity index (χ2n) is 17.0. The first-order valence-electron chi connectivity index (χ1n) is 20.6. The highest BCUT2D eigenvalue weighted by Crippen LogP contribution is 2.38. The molecule has 0 unspecified atom stereocenters. The summed E-state index contributed by atoms with van der Waals surface area (Å²) >= 11 is 0. The maximum Gasteiger partial charge on any atom is 0.225 e. The number of rotatable bonds is 9. The minimum absolute atomic E-state index is 0. The van der Waals surface area contributed by atoms with Crippen LogP contribution in [0.1, 0.15) is 86.0 Å². The van der Waals surface area contributed by atoms with Crippen molar-refractivity contribution in [1.29, 1.82) is 0 Å². The molecule has 11 nitrogen and oxygen atoms in total. The third-order valence-electron chi connectivity index (χ3n) is 12.0. The van der Waals surface area contributed by atoms with Gasteiger partial charge in [0.2, 0.25) is 11.8 Å². The average Bonchev–Trinajstić information content (AvgIpc) is 4.05. The van der Waals surface area contributed by atoms with Crippen LogP contribution in [0.2, 0.25) is 0 Å². The van der Waals surface area contributed by atoms with Gasteiger partial charge in [-0.1, -0.05) is 34.6 Å². The van der Waals surface area contributed by atoms with Crippen LogP contribution < -0.4 is 16.0 Å². The van der Waals surface area contributed by atoms with E-state index in [1.165, 1.54) is 57.2 Å². The number of likely N-dealkylation sites (tertiary alicyclic amines) is 2. The Kier molecular flexibility index (Phi) is 16.8. The number of amides is 2. The number of fused-ring (bicyclic) bond motifs is 6. The highest BCUT2D eigenvalue weighted by molar-refractivity contribution is 7.91. The molecule has 3 N–H and O–H groups in total. The smallest absolute Gasteiger partial charge is 0.225 e. The van der Waals surface area contributed by atoms with Crippen molar-refractivity contribution in [3.05, 3.63) is 54.3 Å². The van der Waals surface area contributed by atoms with Gasteiger partial charge in [-0.3, -0.25) is 9.59 Å². The van der Waals surface area contributed by atoms with E-state index in [2.05, 4.69) is 15.1 Å². The summed E-state index contributed by atoms with van der Waals surface area (Å²) in [5, 5.41) is 3.46. The number of benzene rings is 2. The standard InChI is InChI=1S/C17H25N3O3S.C10H17NO.C9H11FO2S.C6H11N.ClH/c1-12(2)17(21)20-11-14-9-15(20)10-19(14)13-3-5-16(6-4-13)24(22,23)8-7-18;1-7(2)10(12)11-6-8-3-4-9(11)5-8;1-2-7-13(11,12)9-5-3-8(10)4-6-9;1-2-6-3-5(1)4-7-6;/h3-6,12,14-15H,7-11,18H2,1-2H3;7-9H,3-6H2,1-2H3;3-6H,2,7H2,1H3;5-7H,1-4H2;1H/t14-,15-;8-,9+;;5-,6+;/m00.0./s1. The van der Waals surface area contributed by atoms with Crippen molar-refractivity contribution < 1.29 is 30.8 Å². The van der Waals surface area contributed by atoms with E-state index >= 15 is 0 Å². The fourth-order valence-electron chi connectivity index (χ4n) is 9.04. The van der Waals surface area contributed by atoms with E-state index in [0.29, 0.717) is 29.3 Å². The molecule has 8 rings (SSSR count). The van der Waals surface area contributed by atoms with Gasteiger partial charge in [0.05, 0.1) is 27.3 Å². The van der Waals surface area contributed by atoms with Gasteiger partial charge < -0.3 is 25.8 Å². The van der Waals surface area contributed by atoms with Crippen molar-refractivity contribution in [1.82, 2.24) is 15.1 Å². The number of nitrogens with two attached hydrogens (primary N) is 1. The van der Waals surface area contributed by atoms with Crippen LogP contribution >= 0.6 is 12.4 Å². The molecule has 0 radical (unpaired) electrons. The monoisotopic (exact) mass is 853 g/mol. The molecular weight excluding hydrogens is 789 g/mol. The molecule has 57 heavy (non-hydrogen) atoms. The number of piperazine rings is 1. The second-order valence-corrected chi connectivity index (χ2v) is 21.2. The predicted octanol–water partition coefficient (Wildman–Crippen LogP) is 5.71. The molecule has 2 amide bonds. The minimum atomic E-state index is -3.29. The van der Waals surface area contributed by atoms with Crippen LogP contribution in [0, 0.1) is 29.5 Å². The van der Waals surface area contributed by atoms with E-state index < -0.39 is 25.5 Å².